The number of hydrogen-bond donors (Lipinski definition) is 2. The average molecular weight is 319 g/mol. The maximum absolute atomic E-state index is 12.8. The Bertz CT molecular complexity index is 560. The Morgan fingerprint density at radius 2 is 2.26 bits per heavy atom. The summed E-state index contributed by atoms with van der Waals surface area (Å²) in [5.41, 5.74) is 0.583. The van der Waals surface area contributed by atoms with E-state index in [-0.39, 0.29) is 24.3 Å². The van der Waals surface area contributed by atoms with E-state index in [0.717, 1.165) is 19.4 Å². The number of aliphatic carboxylic acids is 1. The van der Waals surface area contributed by atoms with Crippen molar-refractivity contribution in [2.24, 2.45) is 5.92 Å². The van der Waals surface area contributed by atoms with Crippen molar-refractivity contribution in [1.29, 1.82) is 0 Å². The third-order valence-corrected chi connectivity index (χ3v) is 4.04. The fourth-order valence-electron chi connectivity index (χ4n) is 2.95. The quantitative estimate of drug-likeness (QED) is 0.842. The summed E-state index contributed by atoms with van der Waals surface area (Å²) in [5.74, 6) is 0.0764. The fourth-order valence-corrected chi connectivity index (χ4v) is 2.95. The van der Waals surface area contributed by atoms with Gasteiger partial charge in [-0.05, 0) is 51.2 Å². The van der Waals surface area contributed by atoms with Gasteiger partial charge in [0, 0.05) is 31.7 Å². The van der Waals surface area contributed by atoms with Crippen LogP contribution in [0.25, 0.3) is 0 Å². The van der Waals surface area contributed by atoms with Crippen molar-refractivity contribution < 1.29 is 14.7 Å². The summed E-state index contributed by atoms with van der Waals surface area (Å²) in [6.07, 6.45) is 4.38. The minimum atomic E-state index is -0.774. The molecule has 1 aliphatic heterocycles. The molecular weight excluding hydrogens is 294 g/mol. The molecule has 0 spiro atoms. The highest BCUT2D eigenvalue weighted by Crippen LogP contribution is 2.24. The Morgan fingerprint density at radius 3 is 2.96 bits per heavy atom. The zero-order valence-electron chi connectivity index (χ0n) is 13.8. The predicted molar refractivity (Wildman–Crippen MR) is 88.5 cm³/mol. The van der Waals surface area contributed by atoms with Crippen molar-refractivity contribution in [1.82, 2.24) is 9.88 Å². The molecule has 2 heterocycles. The minimum Gasteiger partial charge on any atom is -0.481 e. The monoisotopic (exact) mass is 319 g/mol. The smallest absolute Gasteiger partial charge is 0.303 e. The maximum Gasteiger partial charge on any atom is 0.303 e. The standard InChI is InChI=1S/C17H25N3O3/c1-12(2)19-16-14(6-3-9-18-16)17(23)20-10-4-5-13(11-20)7-8-15(21)22/h3,6,9,12-13H,4-5,7-8,10-11H2,1-2H3,(H,18,19)(H,21,22). The van der Waals surface area contributed by atoms with Crippen molar-refractivity contribution in [3.8, 4) is 0 Å². The summed E-state index contributed by atoms with van der Waals surface area (Å²) in [4.78, 5) is 29.7. The lowest BCUT2D eigenvalue weighted by molar-refractivity contribution is -0.137. The summed E-state index contributed by atoms with van der Waals surface area (Å²) < 4.78 is 0. The molecule has 6 nitrogen and oxygen atoms in total. The number of nitrogens with one attached hydrogen (secondary N) is 1. The molecule has 1 fully saturated rings. The van der Waals surface area contributed by atoms with E-state index in [9.17, 15) is 9.59 Å². The molecule has 1 aliphatic rings. The molecule has 6 heteroatoms. The number of anilines is 1. The third-order valence-electron chi connectivity index (χ3n) is 4.04. The van der Waals surface area contributed by atoms with Gasteiger partial charge in [0.05, 0.1) is 5.56 Å². The van der Waals surface area contributed by atoms with Gasteiger partial charge in [-0.2, -0.15) is 0 Å². The molecule has 1 saturated heterocycles. The van der Waals surface area contributed by atoms with E-state index < -0.39 is 5.97 Å². The second kappa shape index (κ2) is 7.94. The van der Waals surface area contributed by atoms with Gasteiger partial charge in [-0.25, -0.2) is 4.98 Å². The molecule has 1 atom stereocenters. The number of carbonyl (C=O) groups excluding carboxylic acids is 1. The first-order valence-electron chi connectivity index (χ1n) is 8.20. The number of carboxylic acid groups (broad SMARTS) is 1. The average Bonchev–Trinajstić information content (AvgIpc) is 2.52. The molecular formula is C17H25N3O3. The Labute approximate surface area is 136 Å². The van der Waals surface area contributed by atoms with Crippen LogP contribution < -0.4 is 5.32 Å². The van der Waals surface area contributed by atoms with E-state index in [1.807, 2.05) is 18.7 Å². The van der Waals surface area contributed by atoms with Gasteiger partial charge in [-0.3, -0.25) is 9.59 Å². The van der Waals surface area contributed by atoms with Crippen molar-refractivity contribution in [2.75, 3.05) is 18.4 Å². The lowest BCUT2D eigenvalue weighted by Gasteiger charge is -2.33. The Morgan fingerprint density at radius 1 is 1.48 bits per heavy atom. The molecule has 2 rings (SSSR count). The maximum atomic E-state index is 12.8. The highest BCUT2D eigenvalue weighted by molar-refractivity contribution is 5.98. The van der Waals surface area contributed by atoms with Crippen LogP contribution in [-0.4, -0.2) is 46.0 Å². The van der Waals surface area contributed by atoms with Gasteiger partial charge in [0.1, 0.15) is 5.82 Å². The summed E-state index contributed by atoms with van der Waals surface area (Å²) in [7, 11) is 0. The Hall–Kier alpha value is -2.11. The number of nitrogens with zero attached hydrogens (tertiary/aromatic N) is 2. The van der Waals surface area contributed by atoms with Gasteiger partial charge in [-0.15, -0.1) is 0 Å². The van der Waals surface area contributed by atoms with Crippen LogP contribution in [0.3, 0.4) is 0 Å². The number of carboxylic acids is 1. The van der Waals surface area contributed by atoms with E-state index in [0.29, 0.717) is 24.3 Å². The van der Waals surface area contributed by atoms with Crippen molar-refractivity contribution in [3.05, 3.63) is 23.9 Å². The molecule has 0 radical (unpaired) electrons. The molecule has 1 unspecified atom stereocenters. The number of pyridine rings is 1. The third kappa shape index (κ3) is 4.94. The highest BCUT2D eigenvalue weighted by Gasteiger charge is 2.26. The van der Waals surface area contributed by atoms with Gasteiger partial charge < -0.3 is 15.3 Å². The normalized spacial score (nSPS) is 18.0. The topological polar surface area (TPSA) is 82.5 Å². The van der Waals surface area contributed by atoms with Gasteiger partial charge in [-0.1, -0.05) is 0 Å². The van der Waals surface area contributed by atoms with Crippen LogP contribution in [0.1, 0.15) is 49.9 Å². The molecule has 1 amide bonds. The second-order valence-corrected chi connectivity index (χ2v) is 6.39. The lowest BCUT2D eigenvalue weighted by Crippen LogP contribution is -2.40. The van der Waals surface area contributed by atoms with E-state index in [1.165, 1.54) is 0 Å². The highest BCUT2D eigenvalue weighted by atomic mass is 16.4. The van der Waals surface area contributed by atoms with Gasteiger partial charge in [0.25, 0.3) is 5.91 Å². The molecule has 1 aromatic rings. The fraction of sp³-hybridized carbons (Fsp3) is 0.588. The van der Waals surface area contributed by atoms with Crippen molar-refractivity contribution in [3.63, 3.8) is 0 Å². The number of likely N-dealkylation sites (tertiary alicyclic amines) is 1. The predicted octanol–water partition coefficient (Wildman–Crippen LogP) is 2.62. The zero-order chi connectivity index (χ0) is 16.8. The van der Waals surface area contributed by atoms with E-state index in [1.54, 1.807) is 18.3 Å². The Balaban J connectivity index is 2.06. The number of carbonyl (C=O) groups is 2. The Kier molecular flexibility index (Phi) is 5.96. The van der Waals surface area contributed by atoms with Crippen LogP contribution in [0, 0.1) is 5.92 Å². The van der Waals surface area contributed by atoms with E-state index in [2.05, 4.69) is 10.3 Å². The molecule has 23 heavy (non-hydrogen) atoms. The summed E-state index contributed by atoms with van der Waals surface area (Å²) in [5, 5.41) is 12.0. The number of aromatic nitrogens is 1. The first kappa shape index (κ1) is 17.2. The second-order valence-electron chi connectivity index (χ2n) is 6.39. The lowest BCUT2D eigenvalue weighted by atomic mass is 9.93. The van der Waals surface area contributed by atoms with Crippen LogP contribution in [0.2, 0.25) is 0 Å². The van der Waals surface area contributed by atoms with E-state index in [4.69, 9.17) is 5.11 Å². The SMILES string of the molecule is CC(C)Nc1ncccc1C(=O)N1CCCC(CCC(=O)O)C1. The van der Waals surface area contributed by atoms with Crippen molar-refractivity contribution in [2.45, 2.75) is 45.6 Å². The molecule has 126 valence electrons. The molecule has 0 aromatic carbocycles. The van der Waals surface area contributed by atoms with Crippen molar-refractivity contribution >= 4 is 17.7 Å². The number of rotatable bonds is 6. The van der Waals surface area contributed by atoms with Crippen LogP contribution in [0.4, 0.5) is 5.82 Å². The van der Waals surface area contributed by atoms with E-state index >= 15 is 0 Å². The number of amides is 1. The summed E-state index contributed by atoms with van der Waals surface area (Å²) in [6, 6.07) is 3.76. The number of hydrogen-bond acceptors (Lipinski definition) is 4. The van der Waals surface area contributed by atoms with Gasteiger partial charge in [0.15, 0.2) is 0 Å². The molecule has 0 bridgehead atoms. The van der Waals surface area contributed by atoms with Gasteiger partial charge in [0.2, 0.25) is 0 Å². The number of piperidine rings is 1. The minimum absolute atomic E-state index is 0.0266. The van der Waals surface area contributed by atoms with Gasteiger partial charge >= 0.3 is 5.97 Å². The molecule has 2 N–H and O–H groups in total. The molecule has 0 aliphatic carbocycles. The van der Waals surface area contributed by atoms with Crippen LogP contribution >= 0.6 is 0 Å². The van der Waals surface area contributed by atoms with Crippen LogP contribution in [-0.2, 0) is 4.79 Å². The molecule has 1 aromatic heterocycles. The largest absolute Gasteiger partial charge is 0.481 e. The van der Waals surface area contributed by atoms with Crippen LogP contribution in [0.5, 0.6) is 0 Å². The first-order valence-corrected chi connectivity index (χ1v) is 8.20. The molecule has 0 saturated carbocycles. The van der Waals surface area contributed by atoms with Crippen LogP contribution in [0.15, 0.2) is 18.3 Å². The summed E-state index contributed by atoms with van der Waals surface area (Å²) >= 11 is 0. The first-order chi connectivity index (χ1) is 11.0. The summed E-state index contributed by atoms with van der Waals surface area (Å²) in [6.45, 7) is 5.36. The zero-order valence-corrected chi connectivity index (χ0v) is 13.8.